The number of ether oxygens (including phenoxy) is 1. The van der Waals surface area contributed by atoms with Crippen molar-refractivity contribution < 1.29 is 22.3 Å². The van der Waals surface area contributed by atoms with E-state index in [0.29, 0.717) is 19.8 Å². The zero-order valence-electron chi connectivity index (χ0n) is 12.1. The first-order valence-corrected chi connectivity index (χ1v) is 8.35. The van der Waals surface area contributed by atoms with Crippen molar-refractivity contribution in [1.82, 2.24) is 4.90 Å². The van der Waals surface area contributed by atoms with Crippen molar-refractivity contribution in [3.8, 4) is 0 Å². The van der Waals surface area contributed by atoms with Gasteiger partial charge in [0.15, 0.2) is 0 Å². The number of carbonyl (C=O) groups is 1. The summed E-state index contributed by atoms with van der Waals surface area (Å²) in [4.78, 5) is 13.2. The number of hydrogen-bond acceptors (Lipinski definition) is 4. The summed E-state index contributed by atoms with van der Waals surface area (Å²) in [6, 6.07) is 2.80. The molecule has 9 heteroatoms. The number of carbonyl (C=O) groups excluding carboxylic acids is 1. The highest BCUT2D eigenvalue weighted by molar-refractivity contribution is 7.89. The number of primary sulfonamides is 1. The largest absolute Gasteiger partial charge is 0.377 e. The van der Waals surface area contributed by atoms with Crippen LogP contribution in [0.5, 0.6) is 0 Å². The van der Waals surface area contributed by atoms with E-state index in [-0.39, 0.29) is 17.8 Å². The number of halogens is 1. The zero-order valence-corrected chi connectivity index (χ0v) is 12.9. The maximum Gasteiger partial charge on any atom is 0.322 e. The van der Waals surface area contributed by atoms with Crippen LogP contribution in [0.15, 0.2) is 23.1 Å². The maximum atomic E-state index is 13.5. The first kappa shape index (κ1) is 16.7. The number of hydrogen-bond donors (Lipinski definition) is 2. The molecule has 1 unspecified atom stereocenters. The fourth-order valence-electron chi connectivity index (χ4n) is 2.25. The summed E-state index contributed by atoms with van der Waals surface area (Å²) in [6.07, 6.45) is 0.735. The monoisotopic (exact) mass is 331 g/mol. The van der Waals surface area contributed by atoms with Crippen molar-refractivity contribution in [2.75, 3.05) is 25.1 Å². The number of nitrogens with zero attached hydrogens (tertiary/aromatic N) is 1. The number of benzene rings is 1. The summed E-state index contributed by atoms with van der Waals surface area (Å²) in [7, 11) is -4.19. The van der Waals surface area contributed by atoms with Gasteiger partial charge in [0.05, 0.1) is 19.3 Å². The minimum absolute atomic E-state index is 0.0492. The molecule has 2 amide bonds. The second-order valence-electron chi connectivity index (χ2n) is 4.95. The Morgan fingerprint density at radius 1 is 1.55 bits per heavy atom. The number of morpholine rings is 1. The Morgan fingerprint density at radius 3 is 2.91 bits per heavy atom. The van der Waals surface area contributed by atoms with Gasteiger partial charge in [-0.25, -0.2) is 22.7 Å². The Labute approximate surface area is 128 Å². The van der Waals surface area contributed by atoms with E-state index in [4.69, 9.17) is 9.88 Å². The van der Waals surface area contributed by atoms with E-state index in [0.717, 1.165) is 18.6 Å². The number of amides is 2. The predicted octanol–water partition coefficient (Wildman–Crippen LogP) is 1.12. The van der Waals surface area contributed by atoms with Gasteiger partial charge < -0.3 is 15.0 Å². The average Bonchev–Trinajstić information content (AvgIpc) is 2.48. The Kier molecular flexibility index (Phi) is 4.99. The molecule has 1 fully saturated rings. The Bertz CT molecular complexity index is 665. The van der Waals surface area contributed by atoms with Crippen LogP contribution in [0.2, 0.25) is 0 Å². The number of urea groups is 1. The van der Waals surface area contributed by atoms with Crippen LogP contribution in [-0.2, 0) is 14.8 Å². The highest BCUT2D eigenvalue weighted by atomic mass is 32.2. The van der Waals surface area contributed by atoms with Gasteiger partial charge in [0.1, 0.15) is 10.7 Å². The minimum atomic E-state index is -4.19. The molecule has 0 saturated carbocycles. The van der Waals surface area contributed by atoms with Crippen molar-refractivity contribution in [1.29, 1.82) is 0 Å². The molecule has 0 radical (unpaired) electrons. The van der Waals surface area contributed by atoms with Crippen molar-refractivity contribution in [3.63, 3.8) is 0 Å². The molecule has 1 heterocycles. The molecule has 1 aliphatic rings. The molecule has 0 aromatic heterocycles. The quantitative estimate of drug-likeness (QED) is 0.866. The molecule has 7 nitrogen and oxygen atoms in total. The first-order chi connectivity index (χ1) is 10.3. The lowest BCUT2D eigenvalue weighted by atomic mass is 10.2. The van der Waals surface area contributed by atoms with Crippen molar-refractivity contribution in [2.24, 2.45) is 5.14 Å². The maximum absolute atomic E-state index is 13.5. The number of nitrogens with two attached hydrogens (primary N) is 1. The van der Waals surface area contributed by atoms with E-state index in [1.165, 1.54) is 6.07 Å². The smallest absolute Gasteiger partial charge is 0.322 e. The standard InChI is InChI=1S/C13H18FN3O4S/c1-2-10-8-21-6-5-17(10)13(18)16-9-3-4-11(14)12(7-9)22(15,19)20/h3-4,7,10H,2,5-6,8H2,1H3,(H,16,18)(H2,15,19,20). The molecule has 3 N–H and O–H groups in total. The number of rotatable bonds is 3. The molecular weight excluding hydrogens is 313 g/mol. The number of nitrogens with one attached hydrogen (secondary N) is 1. The summed E-state index contributed by atoms with van der Waals surface area (Å²) in [6.45, 7) is 3.27. The van der Waals surface area contributed by atoms with E-state index in [2.05, 4.69) is 5.32 Å². The predicted molar refractivity (Wildman–Crippen MR) is 78.4 cm³/mol. The Balaban J connectivity index is 2.18. The van der Waals surface area contributed by atoms with Gasteiger partial charge >= 0.3 is 6.03 Å². The highest BCUT2D eigenvalue weighted by Gasteiger charge is 2.26. The first-order valence-electron chi connectivity index (χ1n) is 6.80. The molecule has 1 atom stereocenters. The SMILES string of the molecule is CCC1COCCN1C(=O)Nc1ccc(F)c(S(N)(=O)=O)c1. The minimum Gasteiger partial charge on any atom is -0.377 e. The van der Waals surface area contributed by atoms with E-state index in [9.17, 15) is 17.6 Å². The molecule has 0 spiro atoms. The van der Waals surface area contributed by atoms with Crippen LogP contribution in [0.25, 0.3) is 0 Å². The van der Waals surface area contributed by atoms with Gasteiger partial charge in [-0.2, -0.15) is 0 Å². The van der Waals surface area contributed by atoms with Gasteiger partial charge in [0.25, 0.3) is 0 Å². The molecular formula is C13H18FN3O4S. The Hall–Kier alpha value is -1.71. The fraction of sp³-hybridized carbons (Fsp3) is 0.462. The number of sulfonamides is 1. The zero-order chi connectivity index (χ0) is 16.3. The van der Waals surface area contributed by atoms with E-state index in [1.54, 1.807) is 4.90 Å². The lowest BCUT2D eigenvalue weighted by molar-refractivity contribution is 0.0144. The summed E-state index contributed by atoms with van der Waals surface area (Å²) >= 11 is 0. The van der Waals surface area contributed by atoms with Crippen LogP contribution >= 0.6 is 0 Å². The fourth-order valence-corrected chi connectivity index (χ4v) is 2.89. The lowest BCUT2D eigenvalue weighted by Gasteiger charge is -2.35. The van der Waals surface area contributed by atoms with Gasteiger partial charge in [-0.1, -0.05) is 6.92 Å². The molecule has 22 heavy (non-hydrogen) atoms. The topological polar surface area (TPSA) is 102 Å². The average molecular weight is 331 g/mol. The van der Waals surface area contributed by atoms with Gasteiger partial charge in [-0.3, -0.25) is 0 Å². The molecule has 1 aromatic carbocycles. The van der Waals surface area contributed by atoms with Crippen LogP contribution in [0.3, 0.4) is 0 Å². The van der Waals surface area contributed by atoms with Crippen LogP contribution in [0.4, 0.5) is 14.9 Å². The van der Waals surface area contributed by atoms with Gasteiger partial charge in [-0.15, -0.1) is 0 Å². The summed E-state index contributed by atoms with van der Waals surface area (Å²) in [5, 5.41) is 7.50. The summed E-state index contributed by atoms with van der Waals surface area (Å²) < 4.78 is 41.4. The molecule has 0 aliphatic carbocycles. The van der Waals surface area contributed by atoms with Crippen LogP contribution in [0, 0.1) is 5.82 Å². The summed E-state index contributed by atoms with van der Waals surface area (Å²) in [5.74, 6) is -0.960. The third kappa shape index (κ3) is 3.73. The van der Waals surface area contributed by atoms with Crippen molar-refractivity contribution >= 4 is 21.7 Å². The van der Waals surface area contributed by atoms with Crippen LogP contribution < -0.4 is 10.5 Å². The second-order valence-corrected chi connectivity index (χ2v) is 6.48. The Morgan fingerprint density at radius 2 is 2.27 bits per heavy atom. The van der Waals surface area contributed by atoms with Gasteiger partial charge in [-0.05, 0) is 24.6 Å². The van der Waals surface area contributed by atoms with E-state index < -0.39 is 20.7 Å². The van der Waals surface area contributed by atoms with Gasteiger partial charge in [0.2, 0.25) is 10.0 Å². The third-order valence-corrected chi connectivity index (χ3v) is 4.37. The molecule has 1 aliphatic heterocycles. The second kappa shape index (κ2) is 6.59. The third-order valence-electron chi connectivity index (χ3n) is 3.45. The van der Waals surface area contributed by atoms with Crippen LogP contribution in [-0.4, -0.2) is 45.1 Å². The lowest BCUT2D eigenvalue weighted by Crippen LogP contribution is -2.50. The molecule has 1 aromatic rings. The molecule has 122 valence electrons. The molecule has 1 saturated heterocycles. The van der Waals surface area contributed by atoms with E-state index >= 15 is 0 Å². The van der Waals surface area contributed by atoms with Crippen LogP contribution in [0.1, 0.15) is 13.3 Å². The van der Waals surface area contributed by atoms with E-state index in [1.807, 2.05) is 6.92 Å². The van der Waals surface area contributed by atoms with Crippen molar-refractivity contribution in [3.05, 3.63) is 24.0 Å². The molecule has 2 rings (SSSR count). The van der Waals surface area contributed by atoms with Crippen molar-refractivity contribution in [2.45, 2.75) is 24.3 Å². The summed E-state index contributed by atoms with van der Waals surface area (Å²) in [5.41, 5.74) is 0.164. The normalized spacial score (nSPS) is 19.0. The van der Waals surface area contributed by atoms with Gasteiger partial charge in [0, 0.05) is 12.2 Å². The highest BCUT2D eigenvalue weighted by Crippen LogP contribution is 2.20. The number of anilines is 1. The molecule has 0 bridgehead atoms.